The standard InChI is InChI=1S/C10H15N5O4/c1-14(3-4-19-2)10-8(9(11)13-16)5-7(6-12-10)15(17)18/h5-6,16H,3-4H2,1-2H3,(H2,11,13). The fourth-order valence-corrected chi connectivity index (χ4v) is 1.43. The molecule has 1 aromatic rings. The van der Waals surface area contributed by atoms with Crippen molar-refractivity contribution in [2.75, 3.05) is 32.2 Å². The van der Waals surface area contributed by atoms with Crippen molar-refractivity contribution in [2.24, 2.45) is 10.9 Å². The molecule has 0 aliphatic carbocycles. The minimum Gasteiger partial charge on any atom is -0.409 e. The number of anilines is 1. The molecule has 19 heavy (non-hydrogen) atoms. The van der Waals surface area contributed by atoms with Gasteiger partial charge in [-0.1, -0.05) is 5.16 Å². The summed E-state index contributed by atoms with van der Waals surface area (Å²) < 4.78 is 4.93. The van der Waals surface area contributed by atoms with Gasteiger partial charge in [-0.05, 0) is 0 Å². The van der Waals surface area contributed by atoms with Crippen LogP contribution < -0.4 is 10.6 Å². The first-order chi connectivity index (χ1) is 9.01. The summed E-state index contributed by atoms with van der Waals surface area (Å²) in [6, 6.07) is 1.21. The van der Waals surface area contributed by atoms with E-state index in [1.807, 2.05) is 0 Å². The molecule has 0 fully saturated rings. The van der Waals surface area contributed by atoms with Gasteiger partial charge in [0.25, 0.3) is 5.69 Å². The zero-order valence-electron chi connectivity index (χ0n) is 10.6. The molecule has 104 valence electrons. The number of likely N-dealkylation sites (N-methyl/N-ethyl adjacent to an activating group) is 1. The Labute approximate surface area is 109 Å². The lowest BCUT2D eigenvalue weighted by atomic mass is 10.2. The second-order valence-corrected chi connectivity index (χ2v) is 3.72. The number of aromatic nitrogens is 1. The van der Waals surface area contributed by atoms with Gasteiger partial charge in [0.05, 0.1) is 17.1 Å². The Hall–Kier alpha value is -2.42. The van der Waals surface area contributed by atoms with E-state index in [1.165, 1.54) is 6.07 Å². The molecule has 0 bridgehead atoms. The normalized spacial score (nSPS) is 11.4. The third kappa shape index (κ3) is 3.52. The first kappa shape index (κ1) is 14.6. The number of hydrogen-bond acceptors (Lipinski definition) is 7. The molecule has 1 rings (SSSR count). The van der Waals surface area contributed by atoms with Gasteiger partial charge in [-0.2, -0.15) is 0 Å². The van der Waals surface area contributed by atoms with Gasteiger partial charge in [-0.15, -0.1) is 0 Å². The molecule has 0 spiro atoms. The molecule has 0 aliphatic rings. The molecule has 0 radical (unpaired) electrons. The quantitative estimate of drug-likeness (QED) is 0.247. The van der Waals surface area contributed by atoms with E-state index in [9.17, 15) is 10.1 Å². The summed E-state index contributed by atoms with van der Waals surface area (Å²) in [5.41, 5.74) is 5.47. The molecule has 0 atom stereocenters. The highest BCUT2D eigenvalue weighted by molar-refractivity contribution is 6.01. The number of ether oxygens (including phenoxy) is 1. The number of methoxy groups -OCH3 is 1. The van der Waals surface area contributed by atoms with Crippen LogP contribution in [0.25, 0.3) is 0 Å². The molecular weight excluding hydrogens is 254 g/mol. The number of pyridine rings is 1. The molecule has 0 amide bonds. The third-order valence-corrected chi connectivity index (χ3v) is 2.44. The summed E-state index contributed by atoms with van der Waals surface area (Å²) in [6.45, 7) is 0.956. The van der Waals surface area contributed by atoms with Gasteiger partial charge in [-0.3, -0.25) is 10.1 Å². The Kier molecular flexibility index (Phi) is 5.01. The molecule has 0 aliphatic heterocycles. The van der Waals surface area contributed by atoms with E-state index >= 15 is 0 Å². The maximum Gasteiger partial charge on any atom is 0.288 e. The molecule has 0 unspecified atom stereocenters. The fourth-order valence-electron chi connectivity index (χ4n) is 1.43. The van der Waals surface area contributed by atoms with Gasteiger partial charge in [-0.25, -0.2) is 4.98 Å². The van der Waals surface area contributed by atoms with Crippen LogP contribution in [0.1, 0.15) is 5.56 Å². The molecule has 1 heterocycles. The average Bonchev–Trinajstić information content (AvgIpc) is 2.43. The molecule has 0 aromatic carbocycles. The number of hydrogen-bond donors (Lipinski definition) is 2. The van der Waals surface area contributed by atoms with E-state index in [0.717, 1.165) is 6.20 Å². The van der Waals surface area contributed by atoms with Crippen molar-refractivity contribution in [1.29, 1.82) is 0 Å². The van der Waals surface area contributed by atoms with Gasteiger partial charge in [0.2, 0.25) is 0 Å². The summed E-state index contributed by atoms with van der Waals surface area (Å²) in [7, 11) is 3.28. The molecule has 3 N–H and O–H groups in total. The predicted octanol–water partition coefficient (Wildman–Crippen LogP) is 0.167. The topological polar surface area (TPSA) is 127 Å². The van der Waals surface area contributed by atoms with Crippen LogP contribution in [-0.4, -0.2) is 48.3 Å². The molecule has 1 aromatic heterocycles. The molecule has 0 saturated carbocycles. The Morgan fingerprint density at radius 3 is 2.95 bits per heavy atom. The van der Waals surface area contributed by atoms with Crippen LogP contribution in [0.4, 0.5) is 11.5 Å². The second-order valence-electron chi connectivity index (χ2n) is 3.72. The minimum atomic E-state index is -0.597. The van der Waals surface area contributed by atoms with Crippen molar-refractivity contribution in [3.63, 3.8) is 0 Å². The summed E-state index contributed by atoms with van der Waals surface area (Å²) in [4.78, 5) is 15.8. The van der Waals surface area contributed by atoms with Gasteiger partial charge in [0, 0.05) is 26.8 Å². The highest BCUT2D eigenvalue weighted by atomic mass is 16.6. The third-order valence-electron chi connectivity index (χ3n) is 2.44. The Bertz CT molecular complexity index is 491. The first-order valence-corrected chi connectivity index (χ1v) is 5.33. The fraction of sp³-hybridized carbons (Fsp3) is 0.400. The number of nitro groups is 1. The van der Waals surface area contributed by atoms with E-state index in [-0.39, 0.29) is 17.1 Å². The highest BCUT2D eigenvalue weighted by Gasteiger charge is 2.18. The van der Waals surface area contributed by atoms with Crippen LogP contribution in [0.2, 0.25) is 0 Å². The van der Waals surface area contributed by atoms with Crippen molar-refractivity contribution in [3.05, 3.63) is 27.9 Å². The van der Waals surface area contributed by atoms with E-state index in [2.05, 4.69) is 10.1 Å². The zero-order chi connectivity index (χ0) is 14.4. The van der Waals surface area contributed by atoms with Crippen molar-refractivity contribution < 1.29 is 14.9 Å². The van der Waals surface area contributed by atoms with Crippen LogP contribution in [-0.2, 0) is 4.74 Å². The smallest absolute Gasteiger partial charge is 0.288 e. The number of rotatable bonds is 6. The minimum absolute atomic E-state index is 0.190. The first-order valence-electron chi connectivity index (χ1n) is 5.33. The monoisotopic (exact) mass is 269 g/mol. The van der Waals surface area contributed by atoms with E-state index in [0.29, 0.717) is 19.0 Å². The zero-order valence-corrected chi connectivity index (χ0v) is 10.6. The number of nitrogens with zero attached hydrogens (tertiary/aromatic N) is 4. The van der Waals surface area contributed by atoms with Crippen LogP contribution in [0.3, 0.4) is 0 Å². The Morgan fingerprint density at radius 1 is 1.74 bits per heavy atom. The van der Waals surface area contributed by atoms with Crippen molar-refractivity contribution in [1.82, 2.24) is 4.98 Å². The van der Waals surface area contributed by atoms with E-state index in [1.54, 1.807) is 19.1 Å². The Balaban J connectivity index is 3.19. The van der Waals surface area contributed by atoms with Crippen LogP contribution in [0.5, 0.6) is 0 Å². The summed E-state index contributed by atoms with van der Waals surface area (Å²) >= 11 is 0. The van der Waals surface area contributed by atoms with Crippen molar-refractivity contribution in [2.45, 2.75) is 0 Å². The van der Waals surface area contributed by atoms with Crippen molar-refractivity contribution in [3.8, 4) is 0 Å². The lowest BCUT2D eigenvalue weighted by Crippen LogP contribution is -2.27. The molecule has 9 nitrogen and oxygen atoms in total. The SMILES string of the molecule is COCCN(C)c1ncc([N+](=O)[O-])cc1/C(N)=N/O. The largest absolute Gasteiger partial charge is 0.409 e. The summed E-state index contributed by atoms with van der Waals surface area (Å²) in [5, 5.41) is 22.3. The summed E-state index contributed by atoms with van der Waals surface area (Å²) in [6.07, 6.45) is 1.12. The molecule has 9 heteroatoms. The maximum absolute atomic E-state index is 10.7. The van der Waals surface area contributed by atoms with E-state index < -0.39 is 4.92 Å². The Morgan fingerprint density at radius 2 is 2.42 bits per heavy atom. The van der Waals surface area contributed by atoms with Crippen molar-refractivity contribution >= 4 is 17.3 Å². The number of amidine groups is 1. The van der Waals surface area contributed by atoms with Gasteiger partial charge in [0.1, 0.15) is 12.0 Å². The van der Waals surface area contributed by atoms with Crippen LogP contribution in [0.15, 0.2) is 17.4 Å². The van der Waals surface area contributed by atoms with Gasteiger partial charge < -0.3 is 20.6 Å². The maximum atomic E-state index is 10.7. The summed E-state index contributed by atoms with van der Waals surface area (Å²) in [5.74, 6) is 0.133. The number of oxime groups is 1. The average molecular weight is 269 g/mol. The van der Waals surface area contributed by atoms with Crippen LogP contribution >= 0.6 is 0 Å². The van der Waals surface area contributed by atoms with Crippen LogP contribution in [0, 0.1) is 10.1 Å². The highest BCUT2D eigenvalue weighted by Crippen LogP contribution is 2.21. The number of nitrogens with two attached hydrogens (primary N) is 1. The van der Waals surface area contributed by atoms with Gasteiger partial charge in [0.15, 0.2) is 5.84 Å². The lowest BCUT2D eigenvalue weighted by molar-refractivity contribution is -0.385. The lowest BCUT2D eigenvalue weighted by Gasteiger charge is -2.19. The van der Waals surface area contributed by atoms with E-state index in [4.69, 9.17) is 15.7 Å². The molecule has 0 saturated heterocycles. The molecular formula is C10H15N5O4. The predicted molar refractivity (Wildman–Crippen MR) is 68.5 cm³/mol. The van der Waals surface area contributed by atoms with Gasteiger partial charge >= 0.3 is 0 Å². The second kappa shape index (κ2) is 6.50.